The molecule has 4 aromatic rings. The van der Waals surface area contributed by atoms with Crippen LogP contribution >= 0.6 is 0 Å². The van der Waals surface area contributed by atoms with Crippen LogP contribution in [0.5, 0.6) is 5.75 Å². The maximum Gasteiger partial charge on any atom is 0.264 e. The summed E-state index contributed by atoms with van der Waals surface area (Å²) in [6.07, 6.45) is 8.47. The lowest BCUT2D eigenvalue weighted by molar-refractivity contribution is -0.118. The van der Waals surface area contributed by atoms with Gasteiger partial charge in [0.05, 0.1) is 11.9 Å². The van der Waals surface area contributed by atoms with E-state index in [-0.39, 0.29) is 18.1 Å². The topological polar surface area (TPSA) is 84.1 Å². The number of hydrogen-bond donors (Lipinski definition) is 2. The summed E-state index contributed by atoms with van der Waals surface area (Å²) in [5.74, 6) is 0.652. The maximum absolute atomic E-state index is 11.6. The number of benzene rings is 3. The number of carbonyl (C=O) groups excluding carboxylic acids is 1. The Balaban J connectivity index is 0.000000272. The molecule has 0 atom stereocenters. The summed E-state index contributed by atoms with van der Waals surface area (Å²) < 4.78 is 5.68. The standard InChI is InChI=1S/C26H21NO2.C5H6N2O/c28-26-15-29-25-13-17(10-12-24(25)27-26)22-14-23-18-6-2-1-5-16(18)9-11-21(23)19-7-3-4-8-20(19)22;1-4-2-5(8)7-6-3-4/h3-5,7-13H,1-2,6,14-15H2,(H,27,28);2-3H,1H3,(H,7,8). The van der Waals surface area contributed by atoms with Gasteiger partial charge in [0, 0.05) is 6.07 Å². The summed E-state index contributed by atoms with van der Waals surface area (Å²) >= 11 is 0. The zero-order chi connectivity index (χ0) is 25.4. The van der Waals surface area contributed by atoms with Crippen molar-refractivity contribution in [2.75, 3.05) is 11.9 Å². The first kappa shape index (κ1) is 23.0. The van der Waals surface area contributed by atoms with Crippen LogP contribution in [0.15, 0.2) is 71.7 Å². The molecular weight excluding hydrogens is 462 g/mol. The van der Waals surface area contributed by atoms with Gasteiger partial charge in [0.15, 0.2) is 6.61 Å². The Morgan fingerprint density at radius 3 is 2.59 bits per heavy atom. The molecule has 37 heavy (non-hydrogen) atoms. The number of rotatable bonds is 1. The van der Waals surface area contributed by atoms with Gasteiger partial charge in [-0.25, -0.2) is 5.10 Å². The number of ether oxygens (including phenoxy) is 1. The molecule has 0 bridgehead atoms. The van der Waals surface area contributed by atoms with Crippen LogP contribution in [0.2, 0.25) is 0 Å². The number of H-pyrrole nitrogens is 1. The Hall–Kier alpha value is -4.45. The number of carbonyl (C=O) groups is 1. The van der Waals surface area contributed by atoms with Crippen LogP contribution < -0.4 is 26.1 Å². The highest BCUT2D eigenvalue weighted by Crippen LogP contribution is 2.32. The van der Waals surface area contributed by atoms with E-state index in [4.69, 9.17) is 4.74 Å². The van der Waals surface area contributed by atoms with Crippen molar-refractivity contribution in [1.29, 1.82) is 0 Å². The van der Waals surface area contributed by atoms with E-state index in [0.717, 1.165) is 35.4 Å². The molecule has 2 N–H and O–H groups in total. The second kappa shape index (κ2) is 9.54. The van der Waals surface area contributed by atoms with Gasteiger partial charge in [0.2, 0.25) is 0 Å². The average molecular weight is 490 g/mol. The van der Waals surface area contributed by atoms with Crippen LogP contribution in [0.4, 0.5) is 5.69 Å². The Bertz CT molecular complexity index is 1820. The summed E-state index contributed by atoms with van der Waals surface area (Å²) in [5, 5.41) is 14.1. The molecule has 2 heterocycles. The van der Waals surface area contributed by atoms with Crippen molar-refractivity contribution in [2.45, 2.75) is 32.6 Å². The molecule has 0 spiro atoms. The lowest BCUT2D eigenvalue weighted by Crippen LogP contribution is -2.25. The normalized spacial score (nSPS) is 14.8. The van der Waals surface area contributed by atoms with Gasteiger partial charge in [-0.3, -0.25) is 9.59 Å². The Morgan fingerprint density at radius 2 is 1.78 bits per heavy atom. The number of aromatic nitrogens is 2. The van der Waals surface area contributed by atoms with E-state index in [1.165, 1.54) is 56.5 Å². The predicted octanol–water partition coefficient (Wildman–Crippen LogP) is 3.25. The molecule has 6 nitrogen and oxygen atoms in total. The van der Waals surface area contributed by atoms with Gasteiger partial charge in [-0.2, -0.15) is 5.10 Å². The van der Waals surface area contributed by atoms with Crippen LogP contribution in [0, 0.1) is 17.4 Å². The molecule has 7 rings (SSSR count). The summed E-state index contributed by atoms with van der Waals surface area (Å²) in [6.45, 7) is 1.90. The van der Waals surface area contributed by atoms with Crippen molar-refractivity contribution in [3.63, 3.8) is 0 Å². The zero-order valence-corrected chi connectivity index (χ0v) is 20.6. The molecule has 1 amide bonds. The maximum atomic E-state index is 11.6. The highest BCUT2D eigenvalue weighted by Gasteiger charge is 2.20. The van der Waals surface area contributed by atoms with Crippen LogP contribution in [0.25, 0.3) is 11.6 Å². The van der Waals surface area contributed by atoms with E-state index in [2.05, 4.69) is 70.1 Å². The largest absolute Gasteiger partial charge is 0.482 e. The first-order valence-corrected chi connectivity index (χ1v) is 12.6. The van der Waals surface area contributed by atoms with Crippen molar-refractivity contribution in [3.05, 3.63) is 120 Å². The van der Waals surface area contributed by atoms with Gasteiger partial charge in [-0.15, -0.1) is 0 Å². The Kier molecular flexibility index (Phi) is 5.93. The number of fused-ring (bicyclic) bond motifs is 5. The van der Waals surface area contributed by atoms with E-state index in [1.54, 1.807) is 6.20 Å². The van der Waals surface area contributed by atoms with E-state index in [1.807, 2.05) is 13.0 Å². The molecule has 3 aliphatic rings. The van der Waals surface area contributed by atoms with E-state index in [9.17, 15) is 9.59 Å². The van der Waals surface area contributed by atoms with Crippen molar-refractivity contribution in [2.24, 2.45) is 0 Å². The third kappa shape index (κ3) is 4.47. The molecule has 2 aliphatic carbocycles. The van der Waals surface area contributed by atoms with Crippen molar-refractivity contribution >= 4 is 23.2 Å². The first-order valence-electron chi connectivity index (χ1n) is 12.6. The Morgan fingerprint density at radius 1 is 0.919 bits per heavy atom. The van der Waals surface area contributed by atoms with Crippen LogP contribution in [-0.2, 0) is 17.6 Å². The summed E-state index contributed by atoms with van der Waals surface area (Å²) in [5.41, 5.74) is 6.97. The molecule has 1 aliphatic heterocycles. The zero-order valence-electron chi connectivity index (χ0n) is 20.6. The monoisotopic (exact) mass is 489 g/mol. The highest BCUT2D eigenvalue weighted by atomic mass is 16.5. The number of anilines is 1. The number of hydrogen-bond acceptors (Lipinski definition) is 4. The van der Waals surface area contributed by atoms with Gasteiger partial charge in [-0.05, 0) is 93.4 Å². The van der Waals surface area contributed by atoms with Crippen LogP contribution in [0.1, 0.15) is 35.1 Å². The second-order valence-electron chi connectivity index (χ2n) is 9.63. The fourth-order valence-electron chi connectivity index (χ4n) is 5.44. The number of nitrogens with one attached hydrogen (secondary N) is 2. The minimum absolute atomic E-state index is 0.0779. The molecule has 0 saturated heterocycles. The lowest BCUT2D eigenvalue weighted by atomic mass is 9.84. The smallest absolute Gasteiger partial charge is 0.264 e. The van der Waals surface area contributed by atoms with Crippen LogP contribution in [0.3, 0.4) is 0 Å². The average Bonchev–Trinajstić information content (AvgIpc) is 2.92. The van der Waals surface area contributed by atoms with Gasteiger partial charge < -0.3 is 10.1 Å². The van der Waals surface area contributed by atoms with E-state index >= 15 is 0 Å². The van der Waals surface area contributed by atoms with Gasteiger partial charge in [0.25, 0.3) is 11.5 Å². The summed E-state index contributed by atoms with van der Waals surface area (Å²) in [6, 6.07) is 20.9. The molecule has 0 unspecified atom stereocenters. The SMILES string of the molecule is Cc1cn[nH]c(=O)c1.O=C1COc2cc(C3=c4ccccc4=c4ccc5c(c4C3)CCCC=5)ccc2N1. The highest BCUT2D eigenvalue weighted by molar-refractivity contribution is 5.95. The van der Waals surface area contributed by atoms with Crippen molar-refractivity contribution in [3.8, 4) is 5.75 Å². The van der Waals surface area contributed by atoms with Crippen molar-refractivity contribution in [1.82, 2.24) is 10.2 Å². The number of amides is 1. The number of nitrogens with zero attached hydrogens (tertiary/aromatic N) is 1. The molecular formula is C31H27N3O3. The lowest BCUT2D eigenvalue weighted by Gasteiger charge is -2.22. The molecule has 0 radical (unpaired) electrons. The van der Waals surface area contributed by atoms with Gasteiger partial charge in [-0.1, -0.05) is 48.5 Å². The fraction of sp³-hybridized carbons (Fsp3) is 0.194. The third-order valence-corrected chi connectivity index (χ3v) is 7.12. The van der Waals surface area contributed by atoms with Gasteiger partial charge >= 0.3 is 0 Å². The first-order chi connectivity index (χ1) is 18.1. The van der Waals surface area contributed by atoms with E-state index < -0.39 is 0 Å². The van der Waals surface area contributed by atoms with E-state index in [0.29, 0.717) is 0 Å². The molecule has 0 fully saturated rings. The van der Waals surface area contributed by atoms with Crippen molar-refractivity contribution < 1.29 is 9.53 Å². The number of aryl methyl sites for hydroxylation is 1. The predicted molar refractivity (Wildman–Crippen MR) is 144 cm³/mol. The number of aromatic amines is 1. The van der Waals surface area contributed by atoms with Crippen LogP contribution in [-0.4, -0.2) is 22.7 Å². The summed E-state index contributed by atoms with van der Waals surface area (Å²) in [4.78, 5) is 22.0. The Labute approximate surface area is 213 Å². The van der Waals surface area contributed by atoms with Gasteiger partial charge in [0.1, 0.15) is 5.75 Å². The summed E-state index contributed by atoms with van der Waals surface area (Å²) in [7, 11) is 0. The molecule has 0 saturated carbocycles. The second-order valence-corrected chi connectivity index (χ2v) is 9.63. The molecule has 184 valence electrons. The minimum atomic E-state index is -0.148. The third-order valence-electron chi connectivity index (χ3n) is 7.12. The molecule has 1 aromatic heterocycles. The molecule has 3 aromatic carbocycles. The molecule has 6 heteroatoms. The quantitative estimate of drug-likeness (QED) is 0.430. The minimum Gasteiger partial charge on any atom is -0.482 e. The fourth-order valence-corrected chi connectivity index (χ4v) is 5.44.